The van der Waals surface area contributed by atoms with Crippen LogP contribution in [0.3, 0.4) is 0 Å². The topological polar surface area (TPSA) is 21.7 Å². The molecule has 0 aromatic carbocycles. The molecule has 0 aromatic rings. The predicted octanol–water partition coefficient (Wildman–Crippen LogP) is 1.89. The third kappa shape index (κ3) is 4.78. The Hall–Kier alpha value is -0.380. The fraction of sp³-hybridized carbons (Fsp3) is 0.833. The van der Waals surface area contributed by atoms with Crippen LogP contribution < -0.4 is 0 Å². The molecule has 0 aromatic heterocycles. The van der Waals surface area contributed by atoms with Crippen molar-refractivity contribution in [2.24, 2.45) is 5.92 Å². The zero-order valence-corrected chi connectivity index (χ0v) is 10.00. The number of morpholine rings is 1. The molecule has 1 heterocycles. The molecule has 3 heteroatoms. The van der Waals surface area contributed by atoms with Gasteiger partial charge in [0.15, 0.2) is 0 Å². The van der Waals surface area contributed by atoms with Crippen LogP contribution in [-0.2, 0) is 9.47 Å². The Bertz CT molecular complexity index is 188. The summed E-state index contributed by atoms with van der Waals surface area (Å²) in [6.07, 6.45) is 1.14. The van der Waals surface area contributed by atoms with Crippen molar-refractivity contribution < 1.29 is 9.47 Å². The van der Waals surface area contributed by atoms with Crippen molar-refractivity contribution in [3.05, 3.63) is 12.2 Å². The molecule has 0 N–H and O–H groups in total. The van der Waals surface area contributed by atoms with Crippen LogP contribution in [-0.4, -0.2) is 44.5 Å². The monoisotopic (exact) mass is 213 g/mol. The SMILES string of the molecule is C=C(COCN1CCOCC1)C(C)CC. The van der Waals surface area contributed by atoms with Crippen molar-refractivity contribution in [2.75, 3.05) is 39.6 Å². The van der Waals surface area contributed by atoms with Gasteiger partial charge in [-0.2, -0.15) is 0 Å². The molecule has 88 valence electrons. The van der Waals surface area contributed by atoms with E-state index in [4.69, 9.17) is 9.47 Å². The molecule has 1 aliphatic heterocycles. The highest BCUT2D eigenvalue weighted by atomic mass is 16.5. The van der Waals surface area contributed by atoms with Gasteiger partial charge in [0.05, 0.1) is 26.6 Å². The fourth-order valence-electron chi connectivity index (χ4n) is 1.47. The molecular weight excluding hydrogens is 190 g/mol. The molecule has 0 spiro atoms. The van der Waals surface area contributed by atoms with E-state index in [9.17, 15) is 0 Å². The minimum Gasteiger partial charge on any atom is -0.379 e. The van der Waals surface area contributed by atoms with Crippen LogP contribution in [0.25, 0.3) is 0 Å². The van der Waals surface area contributed by atoms with Gasteiger partial charge in [0.2, 0.25) is 0 Å². The zero-order chi connectivity index (χ0) is 11.1. The first-order valence-electron chi connectivity index (χ1n) is 5.79. The number of ether oxygens (including phenoxy) is 2. The summed E-state index contributed by atoms with van der Waals surface area (Å²) in [7, 11) is 0. The van der Waals surface area contributed by atoms with Crippen molar-refractivity contribution in [1.82, 2.24) is 4.90 Å². The lowest BCUT2D eigenvalue weighted by atomic mass is 10.0. The van der Waals surface area contributed by atoms with E-state index in [0.717, 1.165) is 32.7 Å². The van der Waals surface area contributed by atoms with Gasteiger partial charge < -0.3 is 9.47 Å². The third-order valence-corrected chi connectivity index (χ3v) is 2.97. The van der Waals surface area contributed by atoms with Gasteiger partial charge in [0.1, 0.15) is 0 Å². The Morgan fingerprint density at radius 1 is 1.47 bits per heavy atom. The highest BCUT2D eigenvalue weighted by Crippen LogP contribution is 2.12. The minimum absolute atomic E-state index is 0.565. The molecule has 0 bridgehead atoms. The highest BCUT2D eigenvalue weighted by molar-refractivity contribution is 4.98. The molecular formula is C12H23NO2. The maximum Gasteiger partial charge on any atom is 0.0996 e. The summed E-state index contributed by atoms with van der Waals surface area (Å²) < 4.78 is 10.9. The van der Waals surface area contributed by atoms with E-state index in [2.05, 4.69) is 25.3 Å². The molecule has 1 rings (SSSR count). The van der Waals surface area contributed by atoms with E-state index < -0.39 is 0 Å². The summed E-state index contributed by atoms with van der Waals surface area (Å²) in [6.45, 7) is 13.4. The molecule has 1 aliphatic rings. The van der Waals surface area contributed by atoms with Crippen LogP contribution in [0.15, 0.2) is 12.2 Å². The molecule has 1 fully saturated rings. The van der Waals surface area contributed by atoms with Gasteiger partial charge in [-0.1, -0.05) is 20.4 Å². The van der Waals surface area contributed by atoms with E-state index in [1.54, 1.807) is 0 Å². The maximum atomic E-state index is 5.63. The van der Waals surface area contributed by atoms with E-state index in [0.29, 0.717) is 19.3 Å². The van der Waals surface area contributed by atoms with Crippen molar-refractivity contribution in [3.8, 4) is 0 Å². The molecule has 0 aliphatic carbocycles. The average molecular weight is 213 g/mol. The number of hydrogen-bond acceptors (Lipinski definition) is 3. The van der Waals surface area contributed by atoms with E-state index in [-0.39, 0.29) is 0 Å². The van der Waals surface area contributed by atoms with Crippen molar-refractivity contribution >= 4 is 0 Å². The van der Waals surface area contributed by atoms with Crippen molar-refractivity contribution in [1.29, 1.82) is 0 Å². The van der Waals surface area contributed by atoms with Crippen molar-refractivity contribution in [3.63, 3.8) is 0 Å². The van der Waals surface area contributed by atoms with Crippen LogP contribution >= 0.6 is 0 Å². The van der Waals surface area contributed by atoms with Gasteiger partial charge >= 0.3 is 0 Å². The number of hydrogen-bond donors (Lipinski definition) is 0. The largest absolute Gasteiger partial charge is 0.379 e. The van der Waals surface area contributed by atoms with Crippen molar-refractivity contribution in [2.45, 2.75) is 20.3 Å². The van der Waals surface area contributed by atoms with Gasteiger partial charge in [-0.3, -0.25) is 4.90 Å². The third-order valence-electron chi connectivity index (χ3n) is 2.97. The quantitative estimate of drug-likeness (QED) is 0.629. The Morgan fingerprint density at radius 2 is 2.13 bits per heavy atom. The minimum atomic E-state index is 0.565. The lowest BCUT2D eigenvalue weighted by Gasteiger charge is -2.26. The molecule has 1 atom stereocenters. The summed E-state index contributed by atoms with van der Waals surface area (Å²) >= 11 is 0. The first-order chi connectivity index (χ1) is 7.24. The smallest absolute Gasteiger partial charge is 0.0996 e. The molecule has 1 saturated heterocycles. The molecule has 0 amide bonds. The molecule has 3 nitrogen and oxygen atoms in total. The Labute approximate surface area is 93.0 Å². The normalized spacial score (nSPS) is 20.1. The molecule has 0 saturated carbocycles. The average Bonchev–Trinajstić information content (AvgIpc) is 2.29. The Morgan fingerprint density at radius 3 is 2.73 bits per heavy atom. The number of rotatable bonds is 6. The lowest BCUT2D eigenvalue weighted by molar-refractivity contribution is -0.0282. The fourth-order valence-corrected chi connectivity index (χ4v) is 1.47. The van der Waals surface area contributed by atoms with Crippen LogP contribution in [0.2, 0.25) is 0 Å². The molecule has 1 unspecified atom stereocenters. The second kappa shape index (κ2) is 6.99. The maximum absolute atomic E-state index is 5.63. The lowest BCUT2D eigenvalue weighted by Crippen LogP contribution is -2.37. The van der Waals surface area contributed by atoms with Crippen LogP contribution in [0.5, 0.6) is 0 Å². The first-order valence-corrected chi connectivity index (χ1v) is 5.79. The van der Waals surface area contributed by atoms with Crippen LogP contribution in [0, 0.1) is 5.92 Å². The molecule has 15 heavy (non-hydrogen) atoms. The second-order valence-electron chi connectivity index (χ2n) is 4.18. The van der Waals surface area contributed by atoms with E-state index in [1.165, 1.54) is 5.57 Å². The van der Waals surface area contributed by atoms with Gasteiger partial charge in [-0.15, -0.1) is 0 Å². The summed E-state index contributed by atoms with van der Waals surface area (Å²) in [5, 5.41) is 0. The summed E-state index contributed by atoms with van der Waals surface area (Å²) in [6, 6.07) is 0. The van der Waals surface area contributed by atoms with Gasteiger partial charge in [0.25, 0.3) is 0 Å². The van der Waals surface area contributed by atoms with Crippen LogP contribution in [0.1, 0.15) is 20.3 Å². The van der Waals surface area contributed by atoms with Gasteiger partial charge in [-0.05, 0) is 17.9 Å². The standard InChI is InChI=1S/C12H23NO2/c1-4-11(2)12(3)9-15-10-13-5-7-14-8-6-13/h11H,3-10H2,1-2H3. The van der Waals surface area contributed by atoms with Gasteiger partial charge in [0, 0.05) is 13.1 Å². The summed E-state index contributed by atoms with van der Waals surface area (Å²) in [5.74, 6) is 0.565. The first kappa shape index (κ1) is 12.7. The Balaban J connectivity index is 2.07. The zero-order valence-electron chi connectivity index (χ0n) is 10.00. The highest BCUT2D eigenvalue weighted by Gasteiger charge is 2.10. The van der Waals surface area contributed by atoms with E-state index in [1.807, 2.05) is 0 Å². The summed E-state index contributed by atoms with van der Waals surface area (Å²) in [5.41, 5.74) is 1.20. The van der Waals surface area contributed by atoms with E-state index >= 15 is 0 Å². The molecule has 0 radical (unpaired) electrons. The number of nitrogens with zero attached hydrogens (tertiary/aromatic N) is 1. The van der Waals surface area contributed by atoms with Crippen LogP contribution in [0.4, 0.5) is 0 Å². The summed E-state index contributed by atoms with van der Waals surface area (Å²) in [4.78, 5) is 2.27. The van der Waals surface area contributed by atoms with Gasteiger partial charge in [-0.25, -0.2) is 0 Å². The Kier molecular flexibility index (Phi) is 5.91. The second-order valence-corrected chi connectivity index (χ2v) is 4.18. The predicted molar refractivity (Wildman–Crippen MR) is 61.8 cm³/mol.